The Labute approximate surface area is 174 Å². The number of alkyl halides is 1. The zero-order valence-corrected chi connectivity index (χ0v) is 16.9. The molecular weight excluding hydrogens is 385 g/mol. The average molecular weight is 409 g/mol. The lowest BCUT2D eigenvalue weighted by molar-refractivity contribution is 0.0701. The molecule has 3 aromatic rings. The standard InChI is InChI=1S/C21H24FN7O/c1-27-13-4-7-17(27)21(22)18(9-13)28(2)20-8-6-16(25-26-20)15-5-3-14(10-19(15)30)29-11-23-24-12-29/h3,5-6,8,10-13,17-18,21,30H,4,7,9H2,1-2H3/t13?,17?,18-,21+/m0/s1. The second kappa shape index (κ2) is 7.32. The quantitative estimate of drug-likeness (QED) is 0.709. The predicted octanol–water partition coefficient (Wildman–Crippen LogP) is 2.44. The minimum atomic E-state index is -0.908. The van der Waals surface area contributed by atoms with Gasteiger partial charge < -0.3 is 10.0 Å². The number of phenolic OH excluding ortho intramolecular Hbond substituents is 1. The van der Waals surface area contributed by atoms with E-state index in [-0.39, 0.29) is 17.8 Å². The molecule has 0 saturated carbocycles. The number of phenols is 1. The monoisotopic (exact) mass is 409 g/mol. The molecule has 1 N–H and O–H groups in total. The van der Waals surface area contributed by atoms with Crippen LogP contribution in [0.15, 0.2) is 43.0 Å². The summed E-state index contributed by atoms with van der Waals surface area (Å²) in [6.45, 7) is 0. The molecule has 4 atom stereocenters. The molecule has 2 aliphatic rings. The third-order valence-corrected chi connectivity index (χ3v) is 6.63. The van der Waals surface area contributed by atoms with Gasteiger partial charge in [0.05, 0.1) is 17.4 Å². The number of hydrogen-bond acceptors (Lipinski definition) is 7. The first kappa shape index (κ1) is 18.9. The maximum Gasteiger partial charge on any atom is 0.151 e. The van der Waals surface area contributed by atoms with E-state index in [2.05, 4.69) is 25.3 Å². The van der Waals surface area contributed by atoms with Crippen LogP contribution < -0.4 is 4.90 Å². The molecule has 0 radical (unpaired) electrons. The fraction of sp³-hybridized carbons (Fsp3) is 0.429. The van der Waals surface area contributed by atoms with Gasteiger partial charge in [-0.3, -0.25) is 9.47 Å². The molecule has 2 aromatic heterocycles. The van der Waals surface area contributed by atoms with Gasteiger partial charge in [-0.15, -0.1) is 20.4 Å². The number of nitrogens with zero attached hydrogens (tertiary/aromatic N) is 7. The van der Waals surface area contributed by atoms with Crippen molar-refractivity contribution < 1.29 is 9.50 Å². The Morgan fingerprint density at radius 1 is 1.10 bits per heavy atom. The van der Waals surface area contributed by atoms with Gasteiger partial charge in [-0.1, -0.05) is 0 Å². The molecular formula is C21H24FN7O. The zero-order valence-electron chi connectivity index (χ0n) is 16.9. The molecule has 156 valence electrons. The van der Waals surface area contributed by atoms with E-state index >= 15 is 4.39 Å². The van der Waals surface area contributed by atoms with Crippen molar-refractivity contribution in [1.29, 1.82) is 0 Å². The van der Waals surface area contributed by atoms with E-state index in [0.717, 1.165) is 24.9 Å². The Morgan fingerprint density at radius 2 is 1.90 bits per heavy atom. The largest absolute Gasteiger partial charge is 0.507 e. The molecule has 2 unspecified atom stereocenters. The number of rotatable bonds is 4. The minimum Gasteiger partial charge on any atom is -0.507 e. The van der Waals surface area contributed by atoms with E-state index in [1.807, 2.05) is 37.2 Å². The normalized spacial score (nSPS) is 26.1. The van der Waals surface area contributed by atoms with Crippen LogP contribution in [0.1, 0.15) is 19.3 Å². The summed E-state index contributed by atoms with van der Waals surface area (Å²) in [7, 11) is 3.91. The van der Waals surface area contributed by atoms with Gasteiger partial charge in [0, 0.05) is 30.8 Å². The highest BCUT2D eigenvalue weighted by Gasteiger charge is 2.47. The lowest BCUT2D eigenvalue weighted by Crippen LogP contribution is -2.56. The molecule has 2 saturated heterocycles. The van der Waals surface area contributed by atoms with Crippen LogP contribution in [0.3, 0.4) is 0 Å². The van der Waals surface area contributed by atoms with Crippen LogP contribution in [0.25, 0.3) is 16.9 Å². The van der Waals surface area contributed by atoms with Crippen molar-refractivity contribution in [2.24, 2.45) is 0 Å². The molecule has 2 aliphatic heterocycles. The van der Waals surface area contributed by atoms with Crippen LogP contribution >= 0.6 is 0 Å². The number of halogens is 1. The van der Waals surface area contributed by atoms with Crippen molar-refractivity contribution in [2.75, 3.05) is 19.0 Å². The Bertz CT molecular complexity index is 1030. The molecule has 0 amide bonds. The molecule has 0 aliphatic carbocycles. The number of piperidine rings is 1. The number of fused-ring (bicyclic) bond motifs is 2. The van der Waals surface area contributed by atoms with Gasteiger partial charge in [0.25, 0.3) is 0 Å². The van der Waals surface area contributed by atoms with Crippen LogP contribution in [0, 0.1) is 0 Å². The summed E-state index contributed by atoms with van der Waals surface area (Å²) in [4.78, 5) is 4.10. The molecule has 5 rings (SSSR count). The van der Waals surface area contributed by atoms with Gasteiger partial charge >= 0.3 is 0 Å². The van der Waals surface area contributed by atoms with Crippen molar-refractivity contribution in [2.45, 2.75) is 43.6 Å². The number of hydrogen-bond donors (Lipinski definition) is 1. The van der Waals surface area contributed by atoms with E-state index in [1.165, 1.54) is 0 Å². The lowest BCUT2D eigenvalue weighted by Gasteiger charge is -2.43. The van der Waals surface area contributed by atoms with Crippen LogP contribution in [0.4, 0.5) is 10.2 Å². The van der Waals surface area contributed by atoms with Gasteiger partial charge in [-0.05, 0) is 50.6 Å². The van der Waals surface area contributed by atoms with Gasteiger partial charge in [0.1, 0.15) is 24.6 Å². The van der Waals surface area contributed by atoms with E-state index in [1.54, 1.807) is 29.4 Å². The highest BCUT2D eigenvalue weighted by Crippen LogP contribution is 2.39. The predicted molar refractivity (Wildman–Crippen MR) is 110 cm³/mol. The first-order valence-electron chi connectivity index (χ1n) is 10.1. The smallest absolute Gasteiger partial charge is 0.151 e. The summed E-state index contributed by atoms with van der Waals surface area (Å²) in [5, 5.41) is 26.6. The maximum atomic E-state index is 15.1. The number of aromatic hydroxyl groups is 1. The third-order valence-electron chi connectivity index (χ3n) is 6.63. The van der Waals surface area contributed by atoms with Crippen molar-refractivity contribution >= 4 is 5.82 Å². The number of anilines is 1. The van der Waals surface area contributed by atoms with Gasteiger partial charge in [-0.2, -0.15) is 0 Å². The molecule has 8 nitrogen and oxygen atoms in total. The fourth-order valence-electron chi connectivity index (χ4n) is 4.80. The Kier molecular flexibility index (Phi) is 4.62. The van der Waals surface area contributed by atoms with Gasteiger partial charge in [-0.25, -0.2) is 4.39 Å². The number of aromatic nitrogens is 5. The summed E-state index contributed by atoms with van der Waals surface area (Å²) >= 11 is 0. The molecule has 4 heterocycles. The van der Waals surface area contributed by atoms with E-state index in [0.29, 0.717) is 23.1 Å². The summed E-state index contributed by atoms with van der Waals surface area (Å²) in [6, 6.07) is 9.13. The molecule has 2 bridgehead atoms. The van der Waals surface area contributed by atoms with Gasteiger partial charge in [0.2, 0.25) is 0 Å². The van der Waals surface area contributed by atoms with E-state index in [9.17, 15) is 5.11 Å². The molecule has 2 fully saturated rings. The highest BCUT2D eigenvalue weighted by molar-refractivity contribution is 5.69. The van der Waals surface area contributed by atoms with Crippen LogP contribution in [-0.4, -0.2) is 73.4 Å². The lowest BCUT2D eigenvalue weighted by atomic mass is 9.95. The summed E-state index contributed by atoms with van der Waals surface area (Å²) < 4.78 is 16.8. The molecule has 0 spiro atoms. The minimum absolute atomic E-state index is 0.00964. The number of benzene rings is 1. The van der Waals surface area contributed by atoms with Crippen LogP contribution in [0.2, 0.25) is 0 Å². The zero-order chi connectivity index (χ0) is 20.8. The first-order valence-corrected chi connectivity index (χ1v) is 10.1. The van der Waals surface area contributed by atoms with E-state index < -0.39 is 6.17 Å². The van der Waals surface area contributed by atoms with Crippen molar-refractivity contribution in [3.8, 4) is 22.7 Å². The molecule has 1 aromatic carbocycles. The molecule has 9 heteroatoms. The Balaban J connectivity index is 1.36. The summed E-state index contributed by atoms with van der Waals surface area (Å²) in [5.41, 5.74) is 1.88. The Morgan fingerprint density at radius 3 is 2.60 bits per heavy atom. The molecule has 30 heavy (non-hydrogen) atoms. The highest BCUT2D eigenvalue weighted by atomic mass is 19.1. The first-order chi connectivity index (χ1) is 14.5. The topological polar surface area (TPSA) is 83.2 Å². The summed E-state index contributed by atoms with van der Waals surface area (Å²) in [6.07, 6.45) is 4.98. The van der Waals surface area contributed by atoms with Crippen molar-refractivity contribution in [3.63, 3.8) is 0 Å². The third kappa shape index (κ3) is 3.09. The van der Waals surface area contributed by atoms with Crippen molar-refractivity contribution in [1.82, 2.24) is 29.9 Å². The summed E-state index contributed by atoms with van der Waals surface area (Å²) in [5.74, 6) is 0.725. The van der Waals surface area contributed by atoms with E-state index in [4.69, 9.17) is 0 Å². The van der Waals surface area contributed by atoms with Gasteiger partial charge in [0.15, 0.2) is 5.82 Å². The maximum absolute atomic E-state index is 15.1. The SMILES string of the molecule is CN1C2CCC1[C@@H](F)[C@@H](N(C)c1ccc(-c3ccc(-n4cnnc4)cc3O)nn1)C2. The second-order valence-corrected chi connectivity index (χ2v) is 8.17. The van der Waals surface area contributed by atoms with Crippen LogP contribution in [0.5, 0.6) is 5.75 Å². The van der Waals surface area contributed by atoms with Crippen molar-refractivity contribution in [3.05, 3.63) is 43.0 Å². The average Bonchev–Trinajstić information content (AvgIpc) is 3.37. The van der Waals surface area contributed by atoms with Crippen LogP contribution in [-0.2, 0) is 0 Å². The fourth-order valence-corrected chi connectivity index (χ4v) is 4.80. The second-order valence-electron chi connectivity index (χ2n) is 8.17. The Hall–Kier alpha value is -3.07.